The second-order valence-electron chi connectivity index (χ2n) is 7.28. The summed E-state index contributed by atoms with van der Waals surface area (Å²) in [4.78, 5) is 12.0. The third-order valence-corrected chi connectivity index (χ3v) is 5.80. The summed E-state index contributed by atoms with van der Waals surface area (Å²) < 4.78 is 87.1. The zero-order valence-electron chi connectivity index (χ0n) is 14.6. The average Bonchev–Trinajstić information content (AvgIpc) is 2.96. The van der Waals surface area contributed by atoms with Crippen molar-refractivity contribution in [3.8, 4) is 11.3 Å². The molecule has 2 fully saturated rings. The van der Waals surface area contributed by atoms with E-state index in [1.807, 2.05) is 0 Å². The monoisotopic (exact) mass is 420 g/mol. The molecule has 1 aromatic carbocycles. The maximum absolute atomic E-state index is 14.6. The van der Waals surface area contributed by atoms with Crippen LogP contribution in [-0.4, -0.2) is 40.3 Å². The van der Waals surface area contributed by atoms with Crippen LogP contribution < -0.4 is 0 Å². The van der Waals surface area contributed by atoms with Crippen molar-refractivity contribution in [2.75, 3.05) is 13.1 Å². The Morgan fingerprint density at radius 2 is 1.86 bits per heavy atom. The summed E-state index contributed by atoms with van der Waals surface area (Å²) in [6.07, 6.45) is -6.27. The molecule has 1 aliphatic heterocycles. The van der Waals surface area contributed by atoms with E-state index in [4.69, 9.17) is 9.63 Å². The van der Waals surface area contributed by atoms with Crippen LogP contribution in [0.4, 0.5) is 31.1 Å². The number of aromatic nitrogens is 1. The lowest BCUT2D eigenvalue weighted by molar-refractivity contribution is -0.137. The third kappa shape index (κ3) is 2.94. The highest BCUT2D eigenvalue weighted by Gasteiger charge is 2.82. The van der Waals surface area contributed by atoms with Crippen LogP contribution in [0.3, 0.4) is 0 Å². The smallest absolute Gasteiger partial charge is 0.417 e. The van der Waals surface area contributed by atoms with E-state index in [1.54, 1.807) is 0 Å². The van der Waals surface area contributed by atoms with Crippen molar-refractivity contribution in [3.05, 3.63) is 41.4 Å². The predicted molar refractivity (Wildman–Crippen MR) is 85.9 cm³/mol. The largest absolute Gasteiger partial charge is 0.465 e. The molecule has 4 rings (SSSR count). The molecule has 1 amide bonds. The van der Waals surface area contributed by atoms with Gasteiger partial charge in [-0.2, -0.15) is 13.2 Å². The van der Waals surface area contributed by atoms with Gasteiger partial charge in [0, 0.05) is 24.7 Å². The number of alkyl halides is 5. The highest BCUT2D eigenvalue weighted by atomic mass is 19.4. The molecule has 156 valence electrons. The highest BCUT2D eigenvalue weighted by molar-refractivity contribution is 5.66. The van der Waals surface area contributed by atoms with Crippen LogP contribution in [0.25, 0.3) is 11.3 Å². The lowest BCUT2D eigenvalue weighted by Gasteiger charge is -2.30. The Balaban J connectivity index is 1.64. The van der Waals surface area contributed by atoms with E-state index in [2.05, 4.69) is 5.16 Å². The van der Waals surface area contributed by atoms with Crippen LogP contribution in [0.15, 0.2) is 28.8 Å². The number of piperidine rings is 1. The van der Waals surface area contributed by atoms with Crippen LogP contribution in [0.5, 0.6) is 0 Å². The van der Waals surface area contributed by atoms with Gasteiger partial charge >= 0.3 is 12.3 Å². The molecule has 1 aliphatic carbocycles. The predicted octanol–water partition coefficient (Wildman–Crippen LogP) is 4.99. The van der Waals surface area contributed by atoms with E-state index in [-0.39, 0.29) is 37.4 Å². The fraction of sp³-hybridized carbons (Fsp3) is 0.444. The standard InChI is InChI=1S/C18H14F6N2O3/c19-9-1-2-10(11(7-9)18(22,23)24)12-8-13(29-25-12)14-16(17(14,20)21)3-5-26(6-4-16)15(27)28/h1-2,7-8,14H,3-6H2,(H,27,28). The first kappa shape index (κ1) is 19.6. The summed E-state index contributed by atoms with van der Waals surface area (Å²) in [6.45, 7) is -0.142. The number of rotatable bonds is 2. The molecule has 0 bridgehead atoms. The summed E-state index contributed by atoms with van der Waals surface area (Å²) in [5.41, 5.74) is -3.60. The molecule has 1 aromatic heterocycles. The summed E-state index contributed by atoms with van der Waals surface area (Å²) in [6, 6.07) is 3.00. The maximum Gasteiger partial charge on any atom is 0.417 e. The number of likely N-dealkylation sites (tertiary alicyclic amines) is 1. The molecule has 1 N–H and O–H groups in total. The second-order valence-corrected chi connectivity index (χ2v) is 7.28. The van der Waals surface area contributed by atoms with E-state index in [9.17, 15) is 31.1 Å². The first-order chi connectivity index (χ1) is 13.5. The van der Waals surface area contributed by atoms with Gasteiger partial charge in [-0.05, 0) is 31.0 Å². The molecule has 1 saturated carbocycles. The Hall–Kier alpha value is -2.72. The maximum atomic E-state index is 14.6. The summed E-state index contributed by atoms with van der Waals surface area (Å²) >= 11 is 0. The SMILES string of the molecule is O=C(O)N1CCC2(CC1)C(c1cc(-c3ccc(F)cc3C(F)(F)F)no1)C2(F)F. The average molecular weight is 420 g/mol. The fourth-order valence-corrected chi connectivity index (χ4v) is 4.21. The number of hydrogen-bond acceptors (Lipinski definition) is 3. The first-order valence-corrected chi connectivity index (χ1v) is 8.67. The number of amides is 1. The molecule has 11 heteroatoms. The van der Waals surface area contributed by atoms with Crippen molar-refractivity contribution in [2.45, 2.75) is 30.9 Å². The number of carboxylic acid groups (broad SMARTS) is 1. The van der Waals surface area contributed by atoms with Gasteiger partial charge in [0.2, 0.25) is 0 Å². The first-order valence-electron chi connectivity index (χ1n) is 8.67. The van der Waals surface area contributed by atoms with E-state index < -0.39 is 46.5 Å². The minimum absolute atomic E-state index is 0.0708. The molecule has 1 atom stereocenters. The molecule has 5 nitrogen and oxygen atoms in total. The van der Waals surface area contributed by atoms with E-state index in [0.717, 1.165) is 23.1 Å². The molecular weight excluding hydrogens is 406 g/mol. The van der Waals surface area contributed by atoms with Crippen molar-refractivity contribution < 1.29 is 40.8 Å². The number of nitrogens with zero attached hydrogens (tertiary/aromatic N) is 2. The van der Waals surface area contributed by atoms with Crippen molar-refractivity contribution in [1.82, 2.24) is 10.1 Å². The molecule has 0 radical (unpaired) electrons. The Labute approximate surface area is 159 Å². The lowest BCUT2D eigenvalue weighted by atomic mass is 9.90. The normalized spacial score (nSPS) is 22.7. The summed E-state index contributed by atoms with van der Waals surface area (Å²) in [5.74, 6) is -5.96. The van der Waals surface area contributed by atoms with Crippen molar-refractivity contribution in [3.63, 3.8) is 0 Å². The lowest BCUT2D eigenvalue weighted by Crippen LogP contribution is -2.39. The number of carbonyl (C=O) groups is 1. The fourth-order valence-electron chi connectivity index (χ4n) is 4.21. The van der Waals surface area contributed by atoms with E-state index >= 15 is 0 Å². The van der Waals surface area contributed by atoms with Gasteiger partial charge in [-0.25, -0.2) is 18.0 Å². The van der Waals surface area contributed by atoms with E-state index in [1.165, 1.54) is 0 Å². The van der Waals surface area contributed by atoms with Gasteiger partial charge in [-0.1, -0.05) is 5.16 Å². The van der Waals surface area contributed by atoms with Crippen LogP contribution in [0, 0.1) is 11.2 Å². The van der Waals surface area contributed by atoms with Crippen LogP contribution >= 0.6 is 0 Å². The van der Waals surface area contributed by atoms with Crippen LogP contribution in [-0.2, 0) is 6.18 Å². The van der Waals surface area contributed by atoms with Gasteiger partial charge in [0.05, 0.1) is 16.9 Å². The minimum atomic E-state index is -4.87. The van der Waals surface area contributed by atoms with Gasteiger partial charge in [-0.3, -0.25) is 0 Å². The van der Waals surface area contributed by atoms with Gasteiger partial charge < -0.3 is 14.5 Å². The highest BCUT2D eigenvalue weighted by Crippen LogP contribution is 2.75. The molecule has 2 aromatic rings. The Morgan fingerprint density at radius 1 is 1.21 bits per heavy atom. The topological polar surface area (TPSA) is 66.6 Å². The zero-order valence-corrected chi connectivity index (χ0v) is 14.6. The Morgan fingerprint density at radius 3 is 2.45 bits per heavy atom. The zero-order chi connectivity index (χ0) is 21.2. The minimum Gasteiger partial charge on any atom is -0.465 e. The Bertz CT molecular complexity index is 963. The molecular formula is C18H14F6N2O3. The number of halogens is 6. The summed E-state index contributed by atoms with van der Waals surface area (Å²) in [5, 5.41) is 12.5. The van der Waals surface area contributed by atoms with Crippen molar-refractivity contribution in [1.29, 1.82) is 0 Å². The van der Waals surface area contributed by atoms with Crippen LogP contribution in [0.1, 0.15) is 30.1 Å². The molecule has 1 unspecified atom stereocenters. The van der Waals surface area contributed by atoms with Crippen LogP contribution in [0.2, 0.25) is 0 Å². The van der Waals surface area contributed by atoms with Gasteiger partial charge in [0.1, 0.15) is 17.3 Å². The summed E-state index contributed by atoms with van der Waals surface area (Å²) in [7, 11) is 0. The molecule has 1 saturated heterocycles. The van der Waals surface area contributed by atoms with Gasteiger partial charge in [0.25, 0.3) is 5.92 Å². The van der Waals surface area contributed by atoms with E-state index in [0.29, 0.717) is 6.07 Å². The van der Waals surface area contributed by atoms with Gasteiger partial charge in [-0.15, -0.1) is 0 Å². The second kappa shape index (κ2) is 6.14. The molecule has 29 heavy (non-hydrogen) atoms. The Kier molecular flexibility index (Phi) is 4.15. The third-order valence-electron chi connectivity index (χ3n) is 5.80. The molecule has 1 spiro atoms. The van der Waals surface area contributed by atoms with Crippen molar-refractivity contribution >= 4 is 6.09 Å². The number of hydrogen-bond donors (Lipinski definition) is 1. The van der Waals surface area contributed by atoms with Gasteiger partial charge in [0.15, 0.2) is 0 Å². The molecule has 2 heterocycles. The molecule has 2 aliphatic rings. The number of benzene rings is 1. The quantitative estimate of drug-likeness (QED) is 0.695. The van der Waals surface area contributed by atoms with Crippen molar-refractivity contribution in [2.24, 2.45) is 5.41 Å².